The Hall–Kier alpha value is -0.980. The van der Waals surface area contributed by atoms with E-state index in [1.165, 1.54) is 0 Å². The lowest BCUT2D eigenvalue weighted by molar-refractivity contribution is 0.118. The van der Waals surface area contributed by atoms with Crippen LogP contribution < -0.4 is 0 Å². The van der Waals surface area contributed by atoms with E-state index in [2.05, 4.69) is 24.0 Å². The van der Waals surface area contributed by atoms with Gasteiger partial charge in [-0.15, -0.1) is 0 Å². The molecule has 0 spiro atoms. The molecule has 1 heterocycles. The Balaban J connectivity index is 2.49. The first kappa shape index (κ1) is 15.1. The highest BCUT2D eigenvalue weighted by atomic mass is 16.5. The Morgan fingerprint density at radius 1 is 1.39 bits per heavy atom. The van der Waals surface area contributed by atoms with Crippen LogP contribution in [-0.4, -0.2) is 53.6 Å². The Labute approximate surface area is 108 Å². The maximum absolute atomic E-state index is 8.99. The second-order valence-corrected chi connectivity index (χ2v) is 4.69. The predicted octanol–water partition coefficient (Wildman–Crippen LogP) is 0.709. The van der Waals surface area contributed by atoms with Crippen molar-refractivity contribution in [3.8, 4) is 0 Å². The first-order valence-corrected chi connectivity index (χ1v) is 6.29. The second kappa shape index (κ2) is 8.18. The first-order valence-electron chi connectivity index (χ1n) is 6.29. The predicted molar refractivity (Wildman–Crippen MR) is 67.1 cm³/mol. The third kappa shape index (κ3) is 5.57. The molecule has 0 saturated heterocycles. The minimum absolute atomic E-state index is 0.108. The van der Waals surface area contributed by atoms with Crippen molar-refractivity contribution in [1.82, 2.24) is 15.0 Å². The lowest BCUT2D eigenvalue weighted by Crippen LogP contribution is -2.30. The van der Waals surface area contributed by atoms with E-state index in [0.717, 1.165) is 18.8 Å². The van der Waals surface area contributed by atoms with Crippen LogP contribution in [0.4, 0.5) is 0 Å². The van der Waals surface area contributed by atoms with Gasteiger partial charge in [-0.3, -0.25) is 4.90 Å². The molecule has 0 unspecified atom stereocenters. The molecule has 104 valence electrons. The van der Waals surface area contributed by atoms with E-state index in [1.54, 1.807) is 7.11 Å². The lowest BCUT2D eigenvalue weighted by Gasteiger charge is -2.18. The van der Waals surface area contributed by atoms with Crippen LogP contribution in [0.15, 0.2) is 4.52 Å². The molecule has 0 radical (unpaired) electrons. The summed E-state index contributed by atoms with van der Waals surface area (Å²) in [5, 5.41) is 12.9. The van der Waals surface area contributed by atoms with Gasteiger partial charge in [-0.1, -0.05) is 19.0 Å². The molecule has 1 aromatic heterocycles. The highest BCUT2D eigenvalue weighted by molar-refractivity contribution is 4.87. The fourth-order valence-corrected chi connectivity index (χ4v) is 1.63. The van der Waals surface area contributed by atoms with Gasteiger partial charge in [-0.05, 0) is 5.92 Å². The summed E-state index contributed by atoms with van der Waals surface area (Å²) in [7, 11) is 1.66. The van der Waals surface area contributed by atoms with Crippen molar-refractivity contribution in [2.45, 2.75) is 26.8 Å². The van der Waals surface area contributed by atoms with Gasteiger partial charge in [0.1, 0.15) is 0 Å². The molecule has 0 aliphatic rings. The molecule has 0 atom stereocenters. The molecule has 6 heteroatoms. The van der Waals surface area contributed by atoms with Crippen molar-refractivity contribution in [2.75, 3.05) is 33.4 Å². The molecular formula is C12H23N3O3. The van der Waals surface area contributed by atoms with Crippen molar-refractivity contribution in [3.05, 3.63) is 11.7 Å². The third-order valence-electron chi connectivity index (χ3n) is 2.49. The largest absolute Gasteiger partial charge is 0.395 e. The summed E-state index contributed by atoms with van der Waals surface area (Å²) in [6, 6.07) is 0. The van der Waals surface area contributed by atoms with E-state index in [9.17, 15) is 0 Å². The molecule has 1 aromatic rings. The van der Waals surface area contributed by atoms with E-state index in [4.69, 9.17) is 14.4 Å². The molecule has 0 bridgehead atoms. The van der Waals surface area contributed by atoms with Gasteiger partial charge in [0.15, 0.2) is 5.82 Å². The fraction of sp³-hybridized carbons (Fsp3) is 0.833. The smallest absolute Gasteiger partial charge is 0.240 e. The Kier molecular flexibility index (Phi) is 6.85. The molecule has 18 heavy (non-hydrogen) atoms. The number of aliphatic hydroxyl groups is 1. The summed E-state index contributed by atoms with van der Waals surface area (Å²) < 4.78 is 10.2. The van der Waals surface area contributed by atoms with Crippen molar-refractivity contribution >= 4 is 0 Å². The van der Waals surface area contributed by atoms with Crippen molar-refractivity contribution in [3.63, 3.8) is 0 Å². The van der Waals surface area contributed by atoms with E-state index in [1.807, 2.05) is 4.90 Å². The van der Waals surface area contributed by atoms with Gasteiger partial charge in [-0.2, -0.15) is 4.98 Å². The summed E-state index contributed by atoms with van der Waals surface area (Å²) in [6.07, 6.45) is 0.821. The number of hydrogen-bond donors (Lipinski definition) is 1. The average molecular weight is 257 g/mol. The third-order valence-corrected chi connectivity index (χ3v) is 2.49. The van der Waals surface area contributed by atoms with Crippen LogP contribution in [0.3, 0.4) is 0 Å². The van der Waals surface area contributed by atoms with Crippen LogP contribution in [0, 0.1) is 5.92 Å². The van der Waals surface area contributed by atoms with Crippen molar-refractivity contribution < 1.29 is 14.4 Å². The quantitative estimate of drug-likeness (QED) is 0.702. The number of hydrogen-bond acceptors (Lipinski definition) is 6. The number of nitrogens with zero attached hydrogens (tertiary/aromatic N) is 3. The zero-order chi connectivity index (χ0) is 13.4. The molecule has 1 rings (SSSR count). The van der Waals surface area contributed by atoms with Gasteiger partial charge >= 0.3 is 0 Å². The van der Waals surface area contributed by atoms with Crippen LogP contribution in [0.25, 0.3) is 0 Å². The first-order chi connectivity index (χ1) is 8.65. The highest BCUT2D eigenvalue weighted by Crippen LogP contribution is 2.06. The fourth-order valence-electron chi connectivity index (χ4n) is 1.63. The van der Waals surface area contributed by atoms with Crippen LogP contribution in [-0.2, 0) is 17.7 Å². The zero-order valence-corrected chi connectivity index (χ0v) is 11.4. The van der Waals surface area contributed by atoms with E-state index in [-0.39, 0.29) is 6.61 Å². The van der Waals surface area contributed by atoms with Crippen molar-refractivity contribution in [2.24, 2.45) is 5.92 Å². The van der Waals surface area contributed by atoms with Gasteiger partial charge in [-0.25, -0.2) is 0 Å². The van der Waals surface area contributed by atoms with E-state index in [0.29, 0.717) is 31.5 Å². The van der Waals surface area contributed by atoms with Crippen LogP contribution in [0.1, 0.15) is 25.6 Å². The number of methoxy groups -OCH3 is 1. The maximum Gasteiger partial charge on any atom is 0.240 e. The minimum Gasteiger partial charge on any atom is -0.395 e. The summed E-state index contributed by atoms with van der Waals surface area (Å²) in [5.74, 6) is 1.85. The molecule has 0 aromatic carbocycles. The van der Waals surface area contributed by atoms with Crippen molar-refractivity contribution in [1.29, 1.82) is 0 Å². The summed E-state index contributed by atoms with van der Waals surface area (Å²) in [5.41, 5.74) is 0. The number of ether oxygens (including phenoxy) is 1. The molecule has 1 N–H and O–H groups in total. The summed E-state index contributed by atoms with van der Waals surface area (Å²) in [4.78, 5) is 6.36. The molecule has 0 aliphatic carbocycles. The number of aliphatic hydroxyl groups excluding tert-OH is 1. The standard InChI is InChI=1S/C12H23N3O3/c1-10(2)8-11-13-12(18-14-11)9-15(4-6-16)5-7-17-3/h10,16H,4-9H2,1-3H3. The second-order valence-electron chi connectivity index (χ2n) is 4.69. The topological polar surface area (TPSA) is 71.6 Å². The normalized spacial score (nSPS) is 11.7. The Bertz CT molecular complexity index is 328. The Morgan fingerprint density at radius 2 is 2.17 bits per heavy atom. The molecule has 0 saturated carbocycles. The zero-order valence-electron chi connectivity index (χ0n) is 11.4. The summed E-state index contributed by atoms with van der Waals surface area (Å²) in [6.45, 7) is 6.82. The van der Waals surface area contributed by atoms with Gasteiger partial charge in [0.05, 0.1) is 19.8 Å². The SMILES string of the molecule is COCCN(CCO)Cc1nc(CC(C)C)no1. The molecule has 0 aliphatic heterocycles. The number of rotatable bonds is 9. The summed E-state index contributed by atoms with van der Waals surface area (Å²) >= 11 is 0. The Morgan fingerprint density at radius 3 is 2.78 bits per heavy atom. The average Bonchev–Trinajstić information content (AvgIpc) is 2.72. The van der Waals surface area contributed by atoms with Gasteiger partial charge in [0.2, 0.25) is 5.89 Å². The molecule has 6 nitrogen and oxygen atoms in total. The monoisotopic (exact) mass is 257 g/mol. The van der Waals surface area contributed by atoms with E-state index < -0.39 is 0 Å². The van der Waals surface area contributed by atoms with Crippen LogP contribution >= 0.6 is 0 Å². The van der Waals surface area contributed by atoms with Gasteiger partial charge in [0.25, 0.3) is 0 Å². The lowest BCUT2D eigenvalue weighted by atomic mass is 10.1. The van der Waals surface area contributed by atoms with Gasteiger partial charge < -0.3 is 14.4 Å². The molecular weight excluding hydrogens is 234 g/mol. The van der Waals surface area contributed by atoms with Crippen LogP contribution in [0.5, 0.6) is 0 Å². The van der Waals surface area contributed by atoms with Gasteiger partial charge in [0, 0.05) is 26.6 Å². The van der Waals surface area contributed by atoms with Crippen LogP contribution in [0.2, 0.25) is 0 Å². The molecule has 0 fully saturated rings. The highest BCUT2D eigenvalue weighted by Gasteiger charge is 2.12. The molecule has 0 amide bonds. The number of aromatic nitrogens is 2. The van der Waals surface area contributed by atoms with E-state index >= 15 is 0 Å². The maximum atomic E-state index is 8.99. The minimum atomic E-state index is 0.108.